The number of nitrogens with one attached hydrogen (secondary N) is 1. The zero-order valence-electron chi connectivity index (χ0n) is 12.5. The van der Waals surface area contributed by atoms with Crippen LogP contribution in [0.4, 0.5) is 5.69 Å². The number of rotatable bonds is 10. The minimum absolute atomic E-state index is 0.140. The average molecular weight is 277 g/mol. The molecule has 0 unspecified atom stereocenters. The number of anilines is 1. The van der Waals surface area contributed by atoms with E-state index in [2.05, 4.69) is 41.4 Å². The van der Waals surface area contributed by atoms with E-state index < -0.39 is 0 Å². The molecule has 112 valence electrons. The van der Waals surface area contributed by atoms with Crippen molar-refractivity contribution in [3.05, 3.63) is 30.3 Å². The monoisotopic (exact) mass is 277 g/mol. The van der Waals surface area contributed by atoms with Crippen molar-refractivity contribution in [2.45, 2.75) is 32.6 Å². The molecule has 0 aliphatic carbocycles. The van der Waals surface area contributed by atoms with Gasteiger partial charge in [0.2, 0.25) is 5.91 Å². The van der Waals surface area contributed by atoms with Gasteiger partial charge in [0.25, 0.3) is 0 Å². The number of benzene rings is 1. The van der Waals surface area contributed by atoms with Crippen molar-refractivity contribution in [2.24, 2.45) is 5.73 Å². The average Bonchev–Trinajstić information content (AvgIpc) is 2.48. The largest absolute Gasteiger partial charge is 0.372 e. The van der Waals surface area contributed by atoms with Crippen LogP contribution in [-0.4, -0.2) is 32.1 Å². The minimum Gasteiger partial charge on any atom is -0.372 e. The molecule has 0 aromatic heterocycles. The zero-order valence-corrected chi connectivity index (χ0v) is 12.5. The third kappa shape index (κ3) is 6.57. The second kappa shape index (κ2) is 10.3. The van der Waals surface area contributed by atoms with Crippen molar-refractivity contribution in [3.8, 4) is 0 Å². The van der Waals surface area contributed by atoms with Crippen LogP contribution in [-0.2, 0) is 4.79 Å². The quantitative estimate of drug-likeness (QED) is 0.644. The van der Waals surface area contributed by atoms with E-state index in [9.17, 15) is 4.79 Å². The number of carbonyl (C=O) groups excluding carboxylic acids is 1. The maximum atomic E-state index is 11.5. The number of carbonyl (C=O) groups is 1. The molecule has 0 bridgehead atoms. The van der Waals surface area contributed by atoms with Crippen molar-refractivity contribution >= 4 is 11.6 Å². The highest BCUT2D eigenvalue weighted by molar-refractivity contribution is 5.75. The van der Waals surface area contributed by atoms with Gasteiger partial charge >= 0.3 is 0 Å². The standard InChI is InChI=1S/C16H27N3O/c1-2-19(15-9-4-3-5-10-15)14-8-13-18-16(20)11-6-7-12-17/h3-5,9-10H,2,6-8,11-14,17H2,1H3,(H,18,20). The topological polar surface area (TPSA) is 58.4 Å². The van der Waals surface area contributed by atoms with Gasteiger partial charge in [-0.1, -0.05) is 18.2 Å². The van der Waals surface area contributed by atoms with Gasteiger partial charge in [-0.3, -0.25) is 4.79 Å². The molecule has 1 aromatic rings. The van der Waals surface area contributed by atoms with Gasteiger partial charge in [-0.05, 0) is 44.9 Å². The molecule has 0 radical (unpaired) electrons. The maximum absolute atomic E-state index is 11.5. The molecule has 0 aliphatic rings. The molecule has 4 nitrogen and oxygen atoms in total. The molecule has 20 heavy (non-hydrogen) atoms. The van der Waals surface area contributed by atoms with E-state index in [1.54, 1.807) is 0 Å². The summed E-state index contributed by atoms with van der Waals surface area (Å²) < 4.78 is 0. The predicted octanol–water partition coefficient (Wildman–Crippen LogP) is 2.15. The third-order valence-corrected chi connectivity index (χ3v) is 3.29. The summed E-state index contributed by atoms with van der Waals surface area (Å²) in [4.78, 5) is 13.9. The van der Waals surface area contributed by atoms with E-state index in [1.807, 2.05) is 6.07 Å². The van der Waals surface area contributed by atoms with Gasteiger partial charge < -0.3 is 16.0 Å². The number of nitrogens with zero attached hydrogens (tertiary/aromatic N) is 1. The number of hydrogen-bond donors (Lipinski definition) is 2. The smallest absolute Gasteiger partial charge is 0.219 e. The molecule has 3 N–H and O–H groups in total. The first-order valence-corrected chi connectivity index (χ1v) is 7.54. The van der Waals surface area contributed by atoms with Gasteiger partial charge in [0.15, 0.2) is 0 Å². The van der Waals surface area contributed by atoms with Crippen molar-refractivity contribution in [1.82, 2.24) is 5.32 Å². The molecule has 0 spiro atoms. The molecule has 0 saturated heterocycles. The summed E-state index contributed by atoms with van der Waals surface area (Å²) in [7, 11) is 0. The van der Waals surface area contributed by atoms with Crippen LogP contribution < -0.4 is 16.0 Å². The fourth-order valence-electron chi connectivity index (χ4n) is 2.12. The van der Waals surface area contributed by atoms with Crippen LogP contribution in [0.15, 0.2) is 30.3 Å². The molecule has 4 heteroatoms. The highest BCUT2D eigenvalue weighted by Crippen LogP contribution is 2.12. The molecule has 1 amide bonds. The Bertz CT molecular complexity index is 367. The second-order valence-corrected chi connectivity index (χ2v) is 4.86. The predicted molar refractivity (Wildman–Crippen MR) is 84.9 cm³/mol. The van der Waals surface area contributed by atoms with Crippen LogP contribution in [0, 0.1) is 0 Å². The number of hydrogen-bond acceptors (Lipinski definition) is 3. The summed E-state index contributed by atoms with van der Waals surface area (Å²) in [5.74, 6) is 0.140. The summed E-state index contributed by atoms with van der Waals surface area (Å²) in [5, 5.41) is 2.97. The first-order chi connectivity index (χ1) is 9.77. The summed E-state index contributed by atoms with van der Waals surface area (Å²) in [6.07, 6.45) is 3.36. The van der Waals surface area contributed by atoms with Crippen molar-refractivity contribution in [1.29, 1.82) is 0 Å². The Labute approximate surface area is 122 Å². The molecule has 0 atom stereocenters. The summed E-state index contributed by atoms with van der Waals surface area (Å²) in [6.45, 7) is 5.50. The van der Waals surface area contributed by atoms with E-state index in [0.29, 0.717) is 13.0 Å². The number of nitrogens with two attached hydrogens (primary N) is 1. The summed E-state index contributed by atoms with van der Waals surface area (Å²) in [6, 6.07) is 10.4. The lowest BCUT2D eigenvalue weighted by molar-refractivity contribution is -0.121. The molecule has 0 saturated carbocycles. The Morgan fingerprint density at radius 2 is 1.95 bits per heavy atom. The Balaban J connectivity index is 2.17. The third-order valence-electron chi connectivity index (χ3n) is 3.29. The zero-order chi connectivity index (χ0) is 14.6. The first kappa shape index (κ1) is 16.5. The Morgan fingerprint density at radius 3 is 2.60 bits per heavy atom. The van der Waals surface area contributed by atoms with Gasteiger partial charge in [-0.2, -0.15) is 0 Å². The van der Waals surface area contributed by atoms with Crippen LogP contribution in [0.5, 0.6) is 0 Å². The second-order valence-electron chi connectivity index (χ2n) is 4.86. The Hall–Kier alpha value is -1.55. The minimum atomic E-state index is 0.140. The van der Waals surface area contributed by atoms with Crippen LogP contribution in [0.3, 0.4) is 0 Å². The van der Waals surface area contributed by atoms with Gasteiger partial charge in [0, 0.05) is 31.7 Å². The molecule has 0 aliphatic heterocycles. The normalized spacial score (nSPS) is 10.3. The van der Waals surface area contributed by atoms with Crippen molar-refractivity contribution < 1.29 is 4.79 Å². The van der Waals surface area contributed by atoms with Crippen LogP contribution >= 0.6 is 0 Å². The maximum Gasteiger partial charge on any atom is 0.219 e. The molecule has 1 rings (SSSR count). The van der Waals surface area contributed by atoms with Crippen LogP contribution in [0.2, 0.25) is 0 Å². The van der Waals surface area contributed by atoms with Gasteiger partial charge in [0.05, 0.1) is 0 Å². The van der Waals surface area contributed by atoms with Crippen LogP contribution in [0.25, 0.3) is 0 Å². The lowest BCUT2D eigenvalue weighted by Gasteiger charge is -2.23. The van der Waals surface area contributed by atoms with Gasteiger partial charge in [0.1, 0.15) is 0 Å². The van der Waals surface area contributed by atoms with E-state index in [1.165, 1.54) is 5.69 Å². The number of unbranched alkanes of at least 4 members (excludes halogenated alkanes) is 1. The lowest BCUT2D eigenvalue weighted by atomic mass is 10.2. The molecule has 0 fully saturated rings. The SMILES string of the molecule is CCN(CCCNC(=O)CCCCN)c1ccccc1. The molecular formula is C16H27N3O. The van der Waals surface area contributed by atoms with Crippen LogP contribution in [0.1, 0.15) is 32.6 Å². The number of amides is 1. The fraction of sp³-hybridized carbons (Fsp3) is 0.562. The summed E-state index contributed by atoms with van der Waals surface area (Å²) in [5.41, 5.74) is 6.64. The van der Waals surface area contributed by atoms with E-state index in [-0.39, 0.29) is 5.91 Å². The van der Waals surface area contributed by atoms with Crippen molar-refractivity contribution in [3.63, 3.8) is 0 Å². The van der Waals surface area contributed by atoms with E-state index in [0.717, 1.165) is 38.9 Å². The lowest BCUT2D eigenvalue weighted by Crippen LogP contribution is -2.29. The molecule has 1 aromatic carbocycles. The first-order valence-electron chi connectivity index (χ1n) is 7.54. The molecular weight excluding hydrogens is 250 g/mol. The highest BCUT2D eigenvalue weighted by Gasteiger charge is 2.04. The fourth-order valence-corrected chi connectivity index (χ4v) is 2.12. The highest BCUT2D eigenvalue weighted by atomic mass is 16.1. The van der Waals surface area contributed by atoms with E-state index in [4.69, 9.17) is 5.73 Å². The van der Waals surface area contributed by atoms with Crippen molar-refractivity contribution in [2.75, 3.05) is 31.1 Å². The Morgan fingerprint density at radius 1 is 1.20 bits per heavy atom. The van der Waals surface area contributed by atoms with Gasteiger partial charge in [-0.15, -0.1) is 0 Å². The Kier molecular flexibility index (Phi) is 8.47. The summed E-state index contributed by atoms with van der Waals surface area (Å²) >= 11 is 0. The van der Waals surface area contributed by atoms with E-state index >= 15 is 0 Å². The number of para-hydroxylation sites is 1. The molecule has 0 heterocycles. The van der Waals surface area contributed by atoms with Gasteiger partial charge in [-0.25, -0.2) is 0 Å².